The molecule has 1 aliphatic carbocycles. The number of furan rings is 1. The first-order chi connectivity index (χ1) is 26.3. The molecule has 1 aliphatic rings. The van der Waals surface area contributed by atoms with Gasteiger partial charge in [-0.1, -0.05) is 103 Å². The zero-order valence-corrected chi connectivity index (χ0v) is 28.9. The van der Waals surface area contributed by atoms with Crippen LogP contribution in [0, 0.1) is 0 Å². The summed E-state index contributed by atoms with van der Waals surface area (Å²) in [5.74, 6) is 0.972. The van der Waals surface area contributed by atoms with Gasteiger partial charge in [0.05, 0.1) is 22.1 Å². The van der Waals surface area contributed by atoms with E-state index in [-0.39, 0.29) is 0 Å². The monoisotopic (exact) mass is 679 g/mol. The lowest BCUT2D eigenvalue weighted by molar-refractivity contribution is 0.669. The Balaban J connectivity index is 1.08. The molecule has 0 bridgehead atoms. The Morgan fingerprint density at radius 1 is 0.491 bits per heavy atom. The fourth-order valence-electron chi connectivity index (χ4n) is 8.31. The van der Waals surface area contributed by atoms with E-state index in [1.807, 2.05) is 0 Å². The summed E-state index contributed by atoms with van der Waals surface area (Å²) in [5.41, 5.74) is 14.2. The third-order valence-electron chi connectivity index (χ3n) is 10.7. The van der Waals surface area contributed by atoms with Crippen LogP contribution < -0.4 is 0 Å². The Bertz CT molecular complexity index is 3100. The summed E-state index contributed by atoms with van der Waals surface area (Å²) in [6.45, 7) is 0. The van der Waals surface area contributed by atoms with Crippen LogP contribution in [0.1, 0.15) is 18.7 Å². The van der Waals surface area contributed by atoms with E-state index >= 15 is 0 Å². The number of rotatable bonds is 5. The molecule has 250 valence electrons. The maximum absolute atomic E-state index is 6.51. The minimum atomic E-state index is 0.880. The Morgan fingerprint density at radius 2 is 1.21 bits per heavy atom. The maximum Gasteiger partial charge on any atom is 0.145 e. The standard InChI is InChI=1S/C49H33N3O/c1-4-13-32(14-5-1)49-50-42-26-23-35(31-45(42)52(49)37-17-8-3-9-18-37)38-20-12-22-47-48(38)41-30-34(25-28-46(41)53-47)33-24-27-44-40(29-33)39-19-10-11-21-43(39)51(44)36-15-6-2-7-16-36/h2-4,6-31H,1,5H2. The van der Waals surface area contributed by atoms with Gasteiger partial charge in [-0.2, -0.15) is 0 Å². The molecule has 0 unspecified atom stereocenters. The summed E-state index contributed by atoms with van der Waals surface area (Å²) in [7, 11) is 0. The van der Waals surface area contributed by atoms with Gasteiger partial charge in [0.25, 0.3) is 0 Å². The summed E-state index contributed by atoms with van der Waals surface area (Å²) >= 11 is 0. The first-order valence-corrected chi connectivity index (χ1v) is 18.3. The Kier molecular flexibility index (Phi) is 6.65. The zero-order valence-electron chi connectivity index (χ0n) is 28.9. The van der Waals surface area contributed by atoms with Crippen molar-refractivity contribution in [3.8, 4) is 33.6 Å². The van der Waals surface area contributed by atoms with Crippen molar-refractivity contribution in [3.05, 3.63) is 182 Å². The van der Waals surface area contributed by atoms with Crippen LogP contribution in [0.2, 0.25) is 0 Å². The van der Waals surface area contributed by atoms with Crippen molar-refractivity contribution in [2.45, 2.75) is 12.8 Å². The van der Waals surface area contributed by atoms with Crippen molar-refractivity contribution in [1.29, 1.82) is 0 Å². The molecule has 7 aromatic carbocycles. The van der Waals surface area contributed by atoms with E-state index in [9.17, 15) is 0 Å². The molecule has 0 N–H and O–H groups in total. The van der Waals surface area contributed by atoms with Crippen molar-refractivity contribution in [2.24, 2.45) is 0 Å². The fraction of sp³-hybridized carbons (Fsp3) is 0.0408. The molecule has 3 heterocycles. The average molecular weight is 680 g/mol. The molecule has 0 spiro atoms. The zero-order chi connectivity index (χ0) is 34.9. The van der Waals surface area contributed by atoms with Crippen LogP contribution in [-0.2, 0) is 0 Å². The molecule has 11 rings (SSSR count). The van der Waals surface area contributed by atoms with E-state index in [1.54, 1.807) is 0 Å². The highest BCUT2D eigenvalue weighted by Crippen LogP contribution is 2.41. The van der Waals surface area contributed by atoms with Gasteiger partial charge < -0.3 is 8.98 Å². The molecule has 0 saturated carbocycles. The first-order valence-electron chi connectivity index (χ1n) is 18.3. The van der Waals surface area contributed by atoms with Gasteiger partial charge in [-0.15, -0.1) is 0 Å². The van der Waals surface area contributed by atoms with Crippen LogP contribution in [0.4, 0.5) is 0 Å². The quantitative estimate of drug-likeness (QED) is 0.181. The second kappa shape index (κ2) is 11.8. The molecule has 0 aliphatic heterocycles. The Labute approximate surface area is 306 Å². The van der Waals surface area contributed by atoms with Gasteiger partial charge in [0.15, 0.2) is 0 Å². The number of para-hydroxylation sites is 3. The largest absolute Gasteiger partial charge is 0.456 e. The number of aromatic nitrogens is 3. The van der Waals surface area contributed by atoms with Gasteiger partial charge in [0, 0.05) is 38.5 Å². The molecule has 53 heavy (non-hydrogen) atoms. The van der Waals surface area contributed by atoms with E-state index in [1.165, 1.54) is 27.4 Å². The lowest BCUT2D eigenvalue weighted by Crippen LogP contribution is -2.01. The molecule has 0 amide bonds. The summed E-state index contributed by atoms with van der Waals surface area (Å²) in [6.07, 6.45) is 8.85. The van der Waals surface area contributed by atoms with Crippen LogP contribution in [-0.4, -0.2) is 14.1 Å². The smallest absolute Gasteiger partial charge is 0.145 e. The molecule has 0 saturated heterocycles. The van der Waals surface area contributed by atoms with Gasteiger partial charge in [-0.3, -0.25) is 4.57 Å². The molecule has 0 radical (unpaired) electrons. The molecule has 10 aromatic rings. The van der Waals surface area contributed by atoms with Crippen LogP contribution >= 0.6 is 0 Å². The molecule has 4 nitrogen and oxygen atoms in total. The van der Waals surface area contributed by atoms with Crippen molar-refractivity contribution in [3.63, 3.8) is 0 Å². The molecular weight excluding hydrogens is 647 g/mol. The van der Waals surface area contributed by atoms with Crippen LogP contribution in [0.25, 0.3) is 94.0 Å². The Morgan fingerprint density at radius 3 is 2.02 bits per heavy atom. The lowest BCUT2D eigenvalue weighted by Gasteiger charge is -2.12. The van der Waals surface area contributed by atoms with Crippen LogP contribution in [0.15, 0.2) is 180 Å². The molecular formula is C49H33N3O. The Hall–Kier alpha value is -6.91. The van der Waals surface area contributed by atoms with E-state index in [0.29, 0.717) is 0 Å². The second-order valence-electron chi connectivity index (χ2n) is 13.9. The fourth-order valence-corrected chi connectivity index (χ4v) is 8.31. The van der Waals surface area contributed by atoms with Crippen molar-refractivity contribution in [1.82, 2.24) is 14.1 Å². The maximum atomic E-state index is 6.51. The van der Waals surface area contributed by atoms with Gasteiger partial charge in [0.2, 0.25) is 0 Å². The third-order valence-corrected chi connectivity index (χ3v) is 10.7. The van der Waals surface area contributed by atoms with Gasteiger partial charge in [-0.25, -0.2) is 4.98 Å². The average Bonchev–Trinajstić information content (AvgIpc) is 3.91. The van der Waals surface area contributed by atoms with Gasteiger partial charge >= 0.3 is 0 Å². The molecule has 0 fully saturated rings. The number of hydrogen-bond acceptors (Lipinski definition) is 2. The van der Waals surface area contributed by atoms with Crippen molar-refractivity contribution in [2.75, 3.05) is 0 Å². The van der Waals surface area contributed by atoms with Crippen molar-refractivity contribution >= 4 is 60.4 Å². The number of fused-ring (bicyclic) bond motifs is 7. The number of benzene rings is 7. The minimum absolute atomic E-state index is 0.880. The number of nitrogens with zero attached hydrogens (tertiary/aromatic N) is 3. The summed E-state index contributed by atoms with van der Waals surface area (Å²) < 4.78 is 11.2. The van der Waals surface area contributed by atoms with Crippen molar-refractivity contribution < 1.29 is 4.42 Å². The predicted molar refractivity (Wildman–Crippen MR) is 220 cm³/mol. The SMILES string of the molecule is C1=CC(c2nc3ccc(-c4cccc5oc6ccc(-c7ccc8c(c7)c7ccccc7n8-c7ccccc7)cc6c45)cc3n2-c2ccccc2)=CCC1. The first kappa shape index (κ1) is 29.8. The van der Waals surface area contributed by atoms with Gasteiger partial charge in [0.1, 0.15) is 17.0 Å². The third kappa shape index (κ3) is 4.73. The number of allylic oxidation sites excluding steroid dienone is 4. The lowest BCUT2D eigenvalue weighted by atomic mass is 9.96. The summed E-state index contributed by atoms with van der Waals surface area (Å²) in [6, 6.07) is 56.4. The molecule has 0 atom stereocenters. The highest BCUT2D eigenvalue weighted by atomic mass is 16.3. The second-order valence-corrected chi connectivity index (χ2v) is 13.9. The van der Waals surface area contributed by atoms with E-state index in [4.69, 9.17) is 9.40 Å². The topological polar surface area (TPSA) is 35.9 Å². The highest BCUT2D eigenvalue weighted by Gasteiger charge is 2.19. The van der Waals surface area contributed by atoms with E-state index < -0.39 is 0 Å². The molecule has 3 aromatic heterocycles. The number of imidazole rings is 1. The predicted octanol–water partition coefficient (Wildman–Crippen LogP) is 13.1. The summed E-state index contributed by atoms with van der Waals surface area (Å²) in [4.78, 5) is 5.18. The van der Waals surface area contributed by atoms with E-state index in [0.717, 1.165) is 85.3 Å². The highest BCUT2D eigenvalue weighted by molar-refractivity contribution is 6.14. The van der Waals surface area contributed by atoms with Crippen LogP contribution in [0.3, 0.4) is 0 Å². The van der Waals surface area contributed by atoms with Crippen LogP contribution in [0.5, 0.6) is 0 Å². The summed E-state index contributed by atoms with van der Waals surface area (Å²) in [5, 5.41) is 4.71. The number of hydrogen-bond donors (Lipinski definition) is 0. The molecule has 4 heteroatoms. The van der Waals surface area contributed by atoms with E-state index in [2.05, 4.69) is 185 Å². The van der Waals surface area contributed by atoms with Gasteiger partial charge in [-0.05, 0) is 108 Å². The normalized spacial score (nSPS) is 13.2. The minimum Gasteiger partial charge on any atom is -0.456 e.